The van der Waals surface area contributed by atoms with Gasteiger partial charge in [-0.2, -0.15) is 0 Å². The lowest BCUT2D eigenvalue weighted by Crippen LogP contribution is -2.38. The summed E-state index contributed by atoms with van der Waals surface area (Å²) in [6, 6.07) is 3.58. The number of carbonyl (C=O) groups is 2. The molecule has 2 heterocycles. The molecular weight excluding hydrogens is 306 g/mol. The lowest BCUT2D eigenvalue weighted by atomic mass is 9.69. The summed E-state index contributed by atoms with van der Waals surface area (Å²) in [5.41, 5.74) is 2.61. The van der Waals surface area contributed by atoms with E-state index in [1.54, 1.807) is 25.3 Å². The molecule has 0 saturated carbocycles. The molecule has 24 heavy (non-hydrogen) atoms. The quantitative estimate of drug-likeness (QED) is 0.860. The number of ketones is 1. The van der Waals surface area contributed by atoms with Crippen LogP contribution in [0.4, 0.5) is 0 Å². The largest absolute Gasteiger partial charge is 0.468 e. The molecule has 0 amide bonds. The molecule has 0 fully saturated rings. The van der Waals surface area contributed by atoms with Crippen molar-refractivity contribution < 1.29 is 18.7 Å². The topological polar surface area (TPSA) is 68.5 Å². The predicted molar refractivity (Wildman–Crippen MR) is 89.0 cm³/mol. The highest BCUT2D eigenvalue weighted by atomic mass is 16.5. The van der Waals surface area contributed by atoms with Gasteiger partial charge in [0.15, 0.2) is 5.78 Å². The van der Waals surface area contributed by atoms with Gasteiger partial charge in [0.1, 0.15) is 5.76 Å². The first kappa shape index (κ1) is 16.6. The minimum absolute atomic E-state index is 0.0597. The minimum Gasteiger partial charge on any atom is -0.468 e. The van der Waals surface area contributed by atoms with Crippen LogP contribution in [0.5, 0.6) is 0 Å². The van der Waals surface area contributed by atoms with Crippen LogP contribution < -0.4 is 5.32 Å². The highest BCUT2D eigenvalue weighted by Crippen LogP contribution is 2.46. The van der Waals surface area contributed by atoms with Crippen molar-refractivity contribution in [1.29, 1.82) is 0 Å². The fourth-order valence-corrected chi connectivity index (χ4v) is 3.66. The van der Waals surface area contributed by atoms with Crippen LogP contribution in [0.25, 0.3) is 0 Å². The summed E-state index contributed by atoms with van der Waals surface area (Å²) >= 11 is 0. The molecule has 0 aromatic carbocycles. The number of allylic oxidation sites excluding steroid dienone is 3. The molecule has 0 radical (unpaired) electrons. The molecule has 5 nitrogen and oxygen atoms in total. The average molecular weight is 329 g/mol. The lowest BCUT2D eigenvalue weighted by Gasteiger charge is -2.38. The van der Waals surface area contributed by atoms with Crippen LogP contribution >= 0.6 is 0 Å². The smallest absolute Gasteiger partial charge is 0.336 e. The summed E-state index contributed by atoms with van der Waals surface area (Å²) in [7, 11) is 0. The molecule has 0 saturated heterocycles. The van der Waals surface area contributed by atoms with Gasteiger partial charge in [-0.15, -0.1) is 0 Å². The first-order chi connectivity index (χ1) is 11.3. The summed E-state index contributed by atoms with van der Waals surface area (Å²) in [6.07, 6.45) is 2.78. The molecule has 128 valence electrons. The molecule has 1 aliphatic carbocycles. The Bertz CT molecular complexity index is 737. The number of hydrogen-bond acceptors (Lipinski definition) is 5. The van der Waals surface area contributed by atoms with Gasteiger partial charge < -0.3 is 14.5 Å². The van der Waals surface area contributed by atoms with Gasteiger partial charge in [-0.25, -0.2) is 4.79 Å². The van der Waals surface area contributed by atoms with Crippen LogP contribution in [0.1, 0.15) is 52.2 Å². The van der Waals surface area contributed by atoms with Crippen molar-refractivity contribution in [3.05, 3.63) is 46.7 Å². The van der Waals surface area contributed by atoms with Gasteiger partial charge in [0, 0.05) is 23.4 Å². The monoisotopic (exact) mass is 329 g/mol. The maximum absolute atomic E-state index is 12.9. The molecule has 1 atom stereocenters. The summed E-state index contributed by atoms with van der Waals surface area (Å²) in [4.78, 5) is 25.4. The number of Topliss-reactive ketones (excluding diaryl/α,β-unsaturated/α-hetero) is 1. The molecule has 2 aliphatic rings. The number of rotatable bonds is 3. The maximum Gasteiger partial charge on any atom is 0.336 e. The van der Waals surface area contributed by atoms with E-state index in [1.165, 1.54) is 0 Å². The highest BCUT2D eigenvalue weighted by molar-refractivity contribution is 6.03. The van der Waals surface area contributed by atoms with Crippen LogP contribution in [-0.4, -0.2) is 18.4 Å². The fourth-order valence-electron chi connectivity index (χ4n) is 3.66. The van der Waals surface area contributed by atoms with Gasteiger partial charge in [0.05, 0.1) is 24.4 Å². The molecule has 1 N–H and O–H groups in total. The first-order valence-electron chi connectivity index (χ1n) is 8.28. The van der Waals surface area contributed by atoms with E-state index in [9.17, 15) is 9.59 Å². The Morgan fingerprint density at radius 1 is 1.42 bits per heavy atom. The molecule has 0 bridgehead atoms. The van der Waals surface area contributed by atoms with Crippen LogP contribution in [-0.2, 0) is 14.3 Å². The zero-order chi connectivity index (χ0) is 17.5. The predicted octanol–water partition coefficient (Wildman–Crippen LogP) is 3.45. The van der Waals surface area contributed by atoms with E-state index in [1.807, 2.05) is 6.92 Å². The summed E-state index contributed by atoms with van der Waals surface area (Å²) in [6.45, 7) is 8.06. The van der Waals surface area contributed by atoms with E-state index in [0.29, 0.717) is 23.3 Å². The van der Waals surface area contributed by atoms with Crippen molar-refractivity contribution in [3.8, 4) is 0 Å². The molecule has 1 aromatic heterocycles. The van der Waals surface area contributed by atoms with Crippen LogP contribution in [0, 0.1) is 5.41 Å². The third-order valence-corrected chi connectivity index (χ3v) is 4.56. The van der Waals surface area contributed by atoms with Gasteiger partial charge in [-0.05, 0) is 37.8 Å². The van der Waals surface area contributed by atoms with Crippen LogP contribution in [0.2, 0.25) is 0 Å². The zero-order valence-electron chi connectivity index (χ0n) is 14.6. The SMILES string of the molecule is CCOC(=O)C1=C(C)NC2=C(C(=O)CC(C)(C)C2)[C@@H]1c1ccco1. The lowest BCUT2D eigenvalue weighted by molar-refractivity contribution is -0.138. The molecule has 1 aromatic rings. The second-order valence-electron chi connectivity index (χ2n) is 7.17. The fraction of sp³-hybridized carbons (Fsp3) is 0.474. The number of esters is 1. The molecule has 3 rings (SSSR count). The third-order valence-electron chi connectivity index (χ3n) is 4.56. The van der Waals surface area contributed by atoms with Gasteiger partial charge >= 0.3 is 5.97 Å². The van der Waals surface area contributed by atoms with E-state index in [-0.39, 0.29) is 17.8 Å². The van der Waals surface area contributed by atoms with Gasteiger partial charge in [-0.3, -0.25) is 4.79 Å². The summed E-state index contributed by atoms with van der Waals surface area (Å²) in [5.74, 6) is -0.254. The second-order valence-corrected chi connectivity index (χ2v) is 7.17. The van der Waals surface area contributed by atoms with Crippen molar-refractivity contribution >= 4 is 11.8 Å². The normalized spacial score (nSPS) is 23.0. The Labute approximate surface area is 141 Å². The van der Waals surface area contributed by atoms with Gasteiger partial charge in [0.2, 0.25) is 0 Å². The average Bonchev–Trinajstić information content (AvgIpc) is 2.98. The Morgan fingerprint density at radius 2 is 2.17 bits per heavy atom. The maximum atomic E-state index is 12.9. The Hall–Kier alpha value is -2.30. The first-order valence-corrected chi connectivity index (χ1v) is 8.28. The number of nitrogens with one attached hydrogen (secondary N) is 1. The molecule has 0 spiro atoms. The molecule has 0 unspecified atom stereocenters. The molecular formula is C19H23NO4. The van der Waals surface area contributed by atoms with Crippen LogP contribution in [0.15, 0.2) is 45.4 Å². The van der Waals surface area contributed by atoms with Crippen molar-refractivity contribution in [2.45, 2.75) is 46.5 Å². The number of hydrogen-bond donors (Lipinski definition) is 1. The van der Waals surface area contributed by atoms with E-state index in [2.05, 4.69) is 19.2 Å². The highest BCUT2D eigenvalue weighted by Gasteiger charge is 2.44. The number of furan rings is 1. The summed E-state index contributed by atoms with van der Waals surface area (Å²) in [5, 5.41) is 3.28. The zero-order valence-corrected chi connectivity index (χ0v) is 14.6. The third kappa shape index (κ3) is 2.79. The Kier molecular flexibility index (Phi) is 4.11. The summed E-state index contributed by atoms with van der Waals surface area (Å²) < 4.78 is 10.8. The van der Waals surface area contributed by atoms with Gasteiger partial charge in [0.25, 0.3) is 0 Å². The van der Waals surface area contributed by atoms with Gasteiger partial charge in [-0.1, -0.05) is 13.8 Å². The Morgan fingerprint density at radius 3 is 2.79 bits per heavy atom. The van der Waals surface area contributed by atoms with E-state index in [0.717, 1.165) is 17.8 Å². The van der Waals surface area contributed by atoms with Crippen molar-refractivity contribution in [3.63, 3.8) is 0 Å². The number of carbonyl (C=O) groups excluding carboxylic acids is 2. The van der Waals surface area contributed by atoms with E-state index < -0.39 is 11.9 Å². The number of ether oxygens (including phenoxy) is 1. The standard InChI is InChI=1S/C19H23NO4/c1-5-23-18(22)15-11(2)20-12-9-19(3,4)10-13(21)16(12)17(15)14-7-6-8-24-14/h6-8,17,20H,5,9-10H2,1-4H3/t17-/m1/s1. The Balaban J connectivity index is 2.14. The number of dihydropyridines is 1. The van der Waals surface area contributed by atoms with Crippen LogP contribution in [0.3, 0.4) is 0 Å². The van der Waals surface area contributed by atoms with E-state index in [4.69, 9.17) is 9.15 Å². The van der Waals surface area contributed by atoms with E-state index >= 15 is 0 Å². The van der Waals surface area contributed by atoms with Crippen molar-refractivity contribution in [2.75, 3.05) is 6.61 Å². The second kappa shape index (κ2) is 5.96. The minimum atomic E-state index is -0.501. The van der Waals surface area contributed by atoms with Crippen molar-refractivity contribution in [1.82, 2.24) is 5.32 Å². The molecule has 1 aliphatic heterocycles. The molecule has 5 heteroatoms. The van der Waals surface area contributed by atoms with Crippen molar-refractivity contribution in [2.24, 2.45) is 5.41 Å².